The largest absolute Gasteiger partial charge is 0.396 e. The fourth-order valence-corrected chi connectivity index (χ4v) is 2.56. The van der Waals surface area contributed by atoms with E-state index in [1.807, 2.05) is 0 Å². The first-order valence-electron chi connectivity index (χ1n) is 6.42. The van der Waals surface area contributed by atoms with Crippen molar-refractivity contribution in [1.29, 1.82) is 0 Å². The zero-order valence-corrected chi connectivity index (χ0v) is 10.6. The van der Waals surface area contributed by atoms with Gasteiger partial charge in [0.1, 0.15) is 5.82 Å². The highest BCUT2D eigenvalue weighted by atomic mass is 19.1. The van der Waals surface area contributed by atoms with E-state index in [1.54, 1.807) is 6.07 Å². The standard InChI is InChI=1S/C14H19FN2O/c1-9-4-2-5-10(8-9)17-14(18)11-6-3-7-12(15)13(11)16/h3,6-7,9-10H,2,4-5,8,16H2,1H3,(H,17,18). The molecule has 0 radical (unpaired) electrons. The molecular weight excluding hydrogens is 231 g/mol. The zero-order valence-electron chi connectivity index (χ0n) is 10.6. The average molecular weight is 250 g/mol. The molecular formula is C14H19FN2O. The number of rotatable bonds is 2. The minimum absolute atomic E-state index is 0.0705. The maximum absolute atomic E-state index is 13.3. The molecule has 4 heteroatoms. The van der Waals surface area contributed by atoms with Crippen molar-refractivity contribution in [3.8, 4) is 0 Å². The highest BCUT2D eigenvalue weighted by Crippen LogP contribution is 2.24. The Morgan fingerprint density at radius 1 is 1.44 bits per heavy atom. The number of hydrogen-bond acceptors (Lipinski definition) is 2. The summed E-state index contributed by atoms with van der Waals surface area (Å²) in [6.45, 7) is 2.19. The number of halogens is 1. The van der Waals surface area contributed by atoms with Crippen molar-refractivity contribution in [2.75, 3.05) is 5.73 Å². The number of nitrogens with two attached hydrogens (primary N) is 1. The second kappa shape index (κ2) is 5.38. The van der Waals surface area contributed by atoms with Crippen molar-refractivity contribution in [2.24, 2.45) is 5.92 Å². The van der Waals surface area contributed by atoms with Gasteiger partial charge in [0.05, 0.1) is 11.3 Å². The van der Waals surface area contributed by atoms with Gasteiger partial charge in [0.2, 0.25) is 0 Å². The molecule has 1 aliphatic carbocycles. The molecule has 98 valence electrons. The molecule has 1 fully saturated rings. The van der Waals surface area contributed by atoms with Gasteiger partial charge >= 0.3 is 0 Å². The van der Waals surface area contributed by atoms with Crippen LogP contribution in [0.2, 0.25) is 0 Å². The number of carbonyl (C=O) groups is 1. The molecule has 18 heavy (non-hydrogen) atoms. The number of benzene rings is 1. The molecule has 0 spiro atoms. The van der Waals surface area contributed by atoms with E-state index < -0.39 is 5.82 Å². The van der Waals surface area contributed by atoms with Crippen LogP contribution in [0.4, 0.5) is 10.1 Å². The number of nitrogen functional groups attached to an aromatic ring is 1. The highest BCUT2D eigenvalue weighted by Gasteiger charge is 2.22. The molecule has 0 heterocycles. The van der Waals surface area contributed by atoms with Crippen LogP contribution in [0.3, 0.4) is 0 Å². The lowest BCUT2D eigenvalue weighted by atomic mass is 9.87. The van der Waals surface area contributed by atoms with Gasteiger partial charge in [-0.3, -0.25) is 4.79 Å². The van der Waals surface area contributed by atoms with Crippen LogP contribution in [0.5, 0.6) is 0 Å². The lowest BCUT2D eigenvalue weighted by molar-refractivity contribution is 0.0922. The molecule has 0 aromatic heterocycles. The smallest absolute Gasteiger partial charge is 0.253 e. The molecule has 0 saturated heterocycles. The quantitative estimate of drug-likeness (QED) is 0.793. The Labute approximate surface area is 107 Å². The summed E-state index contributed by atoms with van der Waals surface area (Å²) in [7, 11) is 0. The number of anilines is 1. The van der Waals surface area contributed by atoms with Gasteiger partial charge in [-0.2, -0.15) is 0 Å². The molecule has 0 aliphatic heterocycles. The van der Waals surface area contributed by atoms with E-state index in [4.69, 9.17) is 5.73 Å². The number of hydrogen-bond donors (Lipinski definition) is 2. The topological polar surface area (TPSA) is 55.1 Å². The second-order valence-electron chi connectivity index (χ2n) is 5.14. The third-order valence-corrected chi connectivity index (χ3v) is 3.57. The van der Waals surface area contributed by atoms with Crippen molar-refractivity contribution in [2.45, 2.75) is 38.6 Å². The Morgan fingerprint density at radius 3 is 2.94 bits per heavy atom. The van der Waals surface area contributed by atoms with Crippen LogP contribution in [0, 0.1) is 11.7 Å². The number of para-hydroxylation sites is 1. The molecule has 0 bridgehead atoms. The predicted octanol–water partition coefficient (Wildman–Crippen LogP) is 2.72. The van der Waals surface area contributed by atoms with E-state index in [0.29, 0.717) is 5.92 Å². The van der Waals surface area contributed by atoms with Crippen molar-refractivity contribution in [3.05, 3.63) is 29.6 Å². The minimum Gasteiger partial charge on any atom is -0.396 e. The molecule has 1 aromatic carbocycles. The first kappa shape index (κ1) is 12.9. The van der Waals surface area contributed by atoms with Gasteiger partial charge in [-0.15, -0.1) is 0 Å². The van der Waals surface area contributed by atoms with Gasteiger partial charge in [-0.25, -0.2) is 4.39 Å². The summed E-state index contributed by atoms with van der Waals surface area (Å²) in [6, 6.07) is 4.50. The molecule has 2 unspecified atom stereocenters. The maximum atomic E-state index is 13.3. The lowest BCUT2D eigenvalue weighted by Gasteiger charge is -2.27. The Balaban J connectivity index is 2.05. The van der Waals surface area contributed by atoms with E-state index in [1.165, 1.54) is 18.6 Å². The summed E-state index contributed by atoms with van der Waals surface area (Å²) in [6.07, 6.45) is 4.32. The molecule has 1 aliphatic rings. The molecule has 2 rings (SSSR count). The summed E-state index contributed by atoms with van der Waals surface area (Å²) >= 11 is 0. The van der Waals surface area contributed by atoms with E-state index >= 15 is 0 Å². The molecule has 2 atom stereocenters. The van der Waals surface area contributed by atoms with Gasteiger partial charge < -0.3 is 11.1 Å². The number of nitrogens with one attached hydrogen (secondary N) is 1. The van der Waals surface area contributed by atoms with Gasteiger partial charge in [0, 0.05) is 6.04 Å². The Kier molecular flexibility index (Phi) is 3.84. The van der Waals surface area contributed by atoms with Crippen molar-refractivity contribution < 1.29 is 9.18 Å². The van der Waals surface area contributed by atoms with E-state index in [9.17, 15) is 9.18 Å². The van der Waals surface area contributed by atoms with Crippen LogP contribution in [0.25, 0.3) is 0 Å². The minimum atomic E-state index is -0.542. The second-order valence-corrected chi connectivity index (χ2v) is 5.14. The monoisotopic (exact) mass is 250 g/mol. The Hall–Kier alpha value is -1.58. The van der Waals surface area contributed by atoms with Crippen LogP contribution < -0.4 is 11.1 Å². The Bertz CT molecular complexity index is 447. The lowest BCUT2D eigenvalue weighted by Crippen LogP contribution is -2.38. The van der Waals surface area contributed by atoms with Crippen molar-refractivity contribution >= 4 is 11.6 Å². The fourth-order valence-electron chi connectivity index (χ4n) is 2.56. The predicted molar refractivity (Wildman–Crippen MR) is 69.7 cm³/mol. The Morgan fingerprint density at radius 2 is 2.22 bits per heavy atom. The number of amides is 1. The summed E-state index contributed by atoms with van der Waals surface area (Å²) in [5.41, 5.74) is 5.74. The highest BCUT2D eigenvalue weighted by molar-refractivity contribution is 5.99. The van der Waals surface area contributed by atoms with E-state index in [0.717, 1.165) is 19.3 Å². The SMILES string of the molecule is CC1CCCC(NC(=O)c2cccc(F)c2N)C1. The van der Waals surface area contributed by atoms with Crippen molar-refractivity contribution in [3.63, 3.8) is 0 Å². The van der Waals surface area contributed by atoms with E-state index in [-0.39, 0.29) is 23.2 Å². The normalized spacial score (nSPS) is 23.7. The van der Waals surface area contributed by atoms with Crippen LogP contribution >= 0.6 is 0 Å². The van der Waals surface area contributed by atoms with Crippen LogP contribution in [0.15, 0.2) is 18.2 Å². The first-order chi connectivity index (χ1) is 8.58. The third kappa shape index (κ3) is 2.81. The summed E-state index contributed by atoms with van der Waals surface area (Å²) in [5.74, 6) is -0.181. The van der Waals surface area contributed by atoms with E-state index in [2.05, 4.69) is 12.2 Å². The maximum Gasteiger partial charge on any atom is 0.253 e. The van der Waals surface area contributed by atoms with Crippen LogP contribution in [-0.2, 0) is 0 Å². The molecule has 3 nitrogen and oxygen atoms in total. The molecule has 1 saturated carbocycles. The summed E-state index contributed by atoms with van der Waals surface area (Å²) < 4.78 is 13.3. The molecule has 1 amide bonds. The van der Waals surface area contributed by atoms with Gasteiger partial charge in [0.15, 0.2) is 0 Å². The number of carbonyl (C=O) groups excluding carboxylic acids is 1. The summed E-state index contributed by atoms with van der Waals surface area (Å²) in [5, 5.41) is 2.95. The molecule has 1 aromatic rings. The van der Waals surface area contributed by atoms with Gasteiger partial charge in [-0.05, 0) is 30.9 Å². The van der Waals surface area contributed by atoms with Crippen LogP contribution in [0.1, 0.15) is 43.0 Å². The van der Waals surface area contributed by atoms with Crippen molar-refractivity contribution in [1.82, 2.24) is 5.32 Å². The zero-order chi connectivity index (χ0) is 13.1. The fraction of sp³-hybridized carbons (Fsp3) is 0.500. The van der Waals surface area contributed by atoms with Gasteiger partial charge in [0.25, 0.3) is 5.91 Å². The third-order valence-electron chi connectivity index (χ3n) is 3.57. The summed E-state index contributed by atoms with van der Waals surface area (Å²) in [4.78, 5) is 12.0. The first-order valence-corrected chi connectivity index (χ1v) is 6.42. The van der Waals surface area contributed by atoms with Gasteiger partial charge in [-0.1, -0.05) is 25.8 Å². The average Bonchev–Trinajstić information content (AvgIpc) is 2.32. The van der Waals surface area contributed by atoms with Crippen LogP contribution in [-0.4, -0.2) is 11.9 Å². The molecule has 3 N–H and O–H groups in total.